The quantitative estimate of drug-likeness (QED) is 0.490. The highest BCUT2D eigenvalue weighted by Gasteiger charge is 2.18. The zero-order valence-electron chi connectivity index (χ0n) is 13.2. The first kappa shape index (κ1) is 17.2. The Morgan fingerprint density at radius 2 is 1.96 bits per heavy atom. The van der Waals surface area contributed by atoms with Crippen LogP contribution in [0.4, 0.5) is 11.5 Å². The second kappa shape index (κ2) is 7.51. The third-order valence-electron chi connectivity index (χ3n) is 3.76. The highest BCUT2D eigenvalue weighted by atomic mass is 32.1. The lowest BCUT2D eigenvalue weighted by molar-refractivity contribution is -0.384. The van der Waals surface area contributed by atoms with E-state index >= 15 is 0 Å². The topological polar surface area (TPSA) is 113 Å². The summed E-state index contributed by atoms with van der Waals surface area (Å²) in [5, 5.41) is 32.3. The maximum atomic E-state index is 11.1. The Morgan fingerprint density at radius 1 is 1.20 bits per heavy atom. The number of hydrogen-bond acceptors (Lipinski definition) is 8. The second-order valence-corrected chi connectivity index (χ2v) is 6.13. The van der Waals surface area contributed by atoms with E-state index in [1.165, 1.54) is 29.8 Å². The molecule has 3 rings (SSSR count). The van der Waals surface area contributed by atoms with Crippen LogP contribution in [0.3, 0.4) is 0 Å². The Hall–Kier alpha value is -2.62. The van der Waals surface area contributed by atoms with E-state index in [0.717, 1.165) is 15.8 Å². The Morgan fingerprint density at radius 3 is 2.64 bits per heavy atom. The van der Waals surface area contributed by atoms with E-state index < -0.39 is 4.92 Å². The van der Waals surface area contributed by atoms with Crippen molar-refractivity contribution in [2.24, 2.45) is 0 Å². The number of fused-ring (bicyclic) bond motifs is 1. The Kier molecular flexibility index (Phi) is 5.17. The van der Waals surface area contributed by atoms with Crippen LogP contribution >= 0.6 is 11.3 Å². The molecule has 0 amide bonds. The molecule has 2 heterocycles. The van der Waals surface area contributed by atoms with Crippen molar-refractivity contribution < 1.29 is 15.1 Å². The molecule has 0 saturated carbocycles. The summed E-state index contributed by atoms with van der Waals surface area (Å²) in [6, 6.07) is 6.40. The number of hydrogen-bond donors (Lipinski definition) is 2. The molecule has 2 N–H and O–H groups in total. The fourth-order valence-corrected chi connectivity index (χ4v) is 3.57. The van der Waals surface area contributed by atoms with Gasteiger partial charge in [0.15, 0.2) is 0 Å². The van der Waals surface area contributed by atoms with Crippen LogP contribution in [0, 0.1) is 10.1 Å². The lowest BCUT2D eigenvalue weighted by Crippen LogP contribution is -2.30. The molecule has 0 spiro atoms. The first-order valence-corrected chi connectivity index (χ1v) is 8.47. The SMILES string of the molecule is O=[N+]([O-])c1cccc(-c2csc3ncnc(N(CCO)CCO)c23)c1. The third kappa shape index (κ3) is 3.43. The largest absolute Gasteiger partial charge is 0.395 e. The molecule has 0 unspecified atom stereocenters. The fourth-order valence-electron chi connectivity index (χ4n) is 2.66. The fraction of sp³-hybridized carbons (Fsp3) is 0.250. The minimum Gasteiger partial charge on any atom is -0.395 e. The van der Waals surface area contributed by atoms with Gasteiger partial charge < -0.3 is 15.1 Å². The molecule has 0 aliphatic carbocycles. The molecule has 3 aromatic rings. The average molecular weight is 360 g/mol. The van der Waals surface area contributed by atoms with Crippen molar-refractivity contribution in [3.63, 3.8) is 0 Å². The van der Waals surface area contributed by atoms with Crippen molar-refractivity contribution in [3.05, 3.63) is 46.1 Å². The summed E-state index contributed by atoms with van der Waals surface area (Å²) >= 11 is 1.42. The van der Waals surface area contributed by atoms with E-state index in [1.807, 2.05) is 5.38 Å². The van der Waals surface area contributed by atoms with Gasteiger partial charge in [0.1, 0.15) is 17.0 Å². The van der Waals surface area contributed by atoms with Crippen molar-refractivity contribution in [1.82, 2.24) is 9.97 Å². The van der Waals surface area contributed by atoms with Crippen LogP contribution in [0.2, 0.25) is 0 Å². The van der Waals surface area contributed by atoms with Crippen molar-refractivity contribution >= 4 is 33.1 Å². The van der Waals surface area contributed by atoms with Crippen LogP contribution in [-0.2, 0) is 0 Å². The molecule has 0 aliphatic heterocycles. The van der Waals surface area contributed by atoms with Crippen LogP contribution in [0.5, 0.6) is 0 Å². The maximum absolute atomic E-state index is 11.1. The molecule has 2 aromatic heterocycles. The van der Waals surface area contributed by atoms with Gasteiger partial charge in [-0.15, -0.1) is 11.3 Å². The molecule has 130 valence electrons. The molecular formula is C16H16N4O4S. The van der Waals surface area contributed by atoms with Crippen molar-refractivity contribution in [2.45, 2.75) is 0 Å². The highest BCUT2D eigenvalue weighted by molar-refractivity contribution is 7.17. The third-order valence-corrected chi connectivity index (χ3v) is 4.64. The summed E-state index contributed by atoms with van der Waals surface area (Å²) in [5.74, 6) is 0.593. The van der Waals surface area contributed by atoms with E-state index in [0.29, 0.717) is 24.5 Å². The van der Waals surface area contributed by atoms with E-state index in [9.17, 15) is 20.3 Å². The summed E-state index contributed by atoms with van der Waals surface area (Å²) in [6.45, 7) is 0.470. The number of thiophene rings is 1. The predicted molar refractivity (Wildman–Crippen MR) is 95.9 cm³/mol. The molecular weight excluding hydrogens is 344 g/mol. The zero-order valence-corrected chi connectivity index (χ0v) is 14.0. The maximum Gasteiger partial charge on any atom is 0.270 e. The average Bonchev–Trinajstić information content (AvgIpc) is 3.06. The molecule has 0 saturated heterocycles. The Balaban J connectivity index is 2.17. The number of benzene rings is 1. The highest BCUT2D eigenvalue weighted by Crippen LogP contribution is 2.38. The molecule has 0 aliphatic rings. The summed E-state index contributed by atoms with van der Waals surface area (Å²) in [6.07, 6.45) is 1.44. The van der Waals surface area contributed by atoms with Crippen LogP contribution in [-0.4, -0.2) is 51.4 Å². The van der Waals surface area contributed by atoms with Crippen molar-refractivity contribution in [2.75, 3.05) is 31.2 Å². The van der Waals surface area contributed by atoms with Crippen molar-refractivity contribution in [1.29, 1.82) is 0 Å². The van der Waals surface area contributed by atoms with E-state index in [4.69, 9.17) is 0 Å². The van der Waals surface area contributed by atoms with Gasteiger partial charge in [-0.1, -0.05) is 12.1 Å². The number of anilines is 1. The summed E-state index contributed by atoms with van der Waals surface area (Å²) in [5.41, 5.74) is 1.50. The van der Waals surface area contributed by atoms with Crippen LogP contribution in [0.15, 0.2) is 36.0 Å². The molecule has 0 atom stereocenters. The smallest absolute Gasteiger partial charge is 0.270 e. The summed E-state index contributed by atoms with van der Waals surface area (Å²) in [4.78, 5) is 21.7. The zero-order chi connectivity index (χ0) is 17.8. The second-order valence-electron chi connectivity index (χ2n) is 5.27. The predicted octanol–water partition coefficient (Wildman–Crippen LogP) is 2.06. The Labute approximate surface area is 147 Å². The molecule has 8 nitrogen and oxygen atoms in total. The minimum absolute atomic E-state index is 0.0119. The number of aliphatic hydroxyl groups is 2. The molecule has 1 aromatic carbocycles. The van der Waals surface area contributed by atoms with Crippen LogP contribution in [0.1, 0.15) is 0 Å². The molecule has 0 bridgehead atoms. The van der Waals surface area contributed by atoms with Gasteiger partial charge in [0.25, 0.3) is 5.69 Å². The van der Waals surface area contributed by atoms with Gasteiger partial charge in [0.2, 0.25) is 0 Å². The molecule has 0 fully saturated rings. The number of nitro groups is 1. The number of nitro benzene ring substituents is 1. The van der Waals surface area contributed by atoms with E-state index in [1.54, 1.807) is 17.0 Å². The number of aromatic nitrogens is 2. The van der Waals surface area contributed by atoms with Gasteiger partial charge in [-0.05, 0) is 5.56 Å². The number of nitrogens with zero attached hydrogens (tertiary/aromatic N) is 4. The Bertz CT molecular complexity index is 893. The monoisotopic (exact) mass is 360 g/mol. The summed E-state index contributed by atoms with van der Waals surface area (Å²) < 4.78 is 0. The van der Waals surface area contributed by atoms with Gasteiger partial charge in [-0.2, -0.15) is 0 Å². The van der Waals surface area contributed by atoms with Crippen LogP contribution in [0.25, 0.3) is 21.3 Å². The first-order chi connectivity index (χ1) is 12.2. The normalized spacial score (nSPS) is 11.0. The molecule has 25 heavy (non-hydrogen) atoms. The molecule has 0 radical (unpaired) electrons. The van der Waals surface area contributed by atoms with E-state index in [-0.39, 0.29) is 18.9 Å². The number of aliphatic hydroxyl groups excluding tert-OH is 2. The lowest BCUT2D eigenvalue weighted by Gasteiger charge is -2.22. The standard InChI is InChI=1S/C16H16N4O4S/c21-6-4-19(5-7-22)15-14-13(9-25-16(14)18-10-17-15)11-2-1-3-12(8-11)20(23)24/h1-3,8-10,21-22H,4-7H2. The van der Waals surface area contributed by atoms with Gasteiger partial charge in [-0.25, -0.2) is 9.97 Å². The van der Waals surface area contributed by atoms with E-state index in [2.05, 4.69) is 9.97 Å². The molecule has 9 heteroatoms. The van der Waals surface area contributed by atoms with Gasteiger partial charge >= 0.3 is 0 Å². The van der Waals surface area contributed by atoms with Gasteiger partial charge in [-0.3, -0.25) is 10.1 Å². The van der Waals surface area contributed by atoms with Gasteiger partial charge in [0.05, 0.1) is 23.5 Å². The van der Waals surface area contributed by atoms with Crippen molar-refractivity contribution in [3.8, 4) is 11.1 Å². The summed E-state index contributed by atoms with van der Waals surface area (Å²) in [7, 11) is 0. The van der Waals surface area contributed by atoms with Gasteiger partial charge in [0, 0.05) is 36.2 Å². The number of rotatable bonds is 7. The number of non-ortho nitro benzene ring substituents is 1. The first-order valence-electron chi connectivity index (χ1n) is 7.59. The minimum atomic E-state index is -0.431. The van der Waals surface area contributed by atoms with Crippen LogP contribution < -0.4 is 4.90 Å². The lowest BCUT2D eigenvalue weighted by atomic mass is 10.1.